The summed E-state index contributed by atoms with van der Waals surface area (Å²) in [5.74, 6) is -4.03. The van der Waals surface area contributed by atoms with Crippen LogP contribution in [0.1, 0.15) is 132 Å². The average molecular weight is 1040 g/mol. The van der Waals surface area contributed by atoms with Gasteiger partial charge in [-0.25, -0.2) is 4.79 Å². The molecule has 1 heterocycles. The van der Waals surface area contributed by atoms with Gasteiger partial charge in [0.05, 0.1) is 42.9 Å². The molecule has 1 saturated heterocycles. The molecule has 0 aliphatic carbocycles. The summed E-state index contributed by atoms with van der Waals surface area (Å²) in [5, 5.41) is 16.7. The van der Waals surface area contributed by atoms with Gasteiger partial charge in [0.25, 0.3) is 0 Å². The number of Topliss-reactive ketones (excluding diaryl/α,β-unsaturated/α-hetero) is 2. The molecule has 74 heavy (non-hydrogen) atoms. The molecule has 3 rings (SSSR count). The first-order valence-electron chi connectivity index (χ1n) is 26.6. The van der Waals surface area contributed by atoms with Gasteiger partial charge in [0.1, 0.15) is 24.5 Å². The second-order valence-corrected chi connectivity index (χ2v) is 21.7. The lowest BCUT2D eigenvalue weighted by Crippen LogP contribution is -2.60. The van der Waals surface area contributed by atoms with Crippen LogP contribution < -0.4 is 16.4 Å². The van der Waals surface area contributed by atoms with E-state index < -0.39 is 66.3 Å². The number of nitrogens with zero attached hydrogens (tertiary/aromatic N) is 3. The second-order valence-electron chi connectivity index (χ2n) is 21.7. The predicted molar refractivity (Wildman–Crippen MR) is 286 cm³/mol. The van der Waals surface area contributed by atoms with Crippen LogP contribution in [0.5, 0.6) is 0 Å². The van der Waals surface area contributed by atoms with Crippen LogP contribution in [0, 0.1) is 41.4 Å². The summed E-state index contributed by atoms with van der Waals surface area (Å²) >= 11 is 0. The normalized spacial score (nSPS) is 18.3. The number of nitrogens with two attached hydrogens (primary N) is 1. The minimum Gasteiger partial charge on any atom is -0.445 e. The third kappa shape index (κ3) is 17.2. The molecule has 0 saturated carbocycles. The Morgan fingerprint density at radius 3 is 1.92 bits per heavy atom. The number of likely N-dealkylation sites (tertiary alicyclic amines) is 1. The molecule has 0 bridgehead atoms. The van der Waals surface area contributed by atoms with Crippen LogP contribution in [0.2, 0.25) is 0 Å². The zero-order valence-electron chi connectivity index (χ0n) is 47.0. The summed E-state index contributed by atoms with van der Waals surface area (Å²) in [6.45, 7) is 20.7. The van der Waals surface area contributed by atoms with Crippen molar-refractivity contribution in [3.8, 4) is 0 Å². The number of amides is 5. The number of anilines is 1. The number of hydrogen-bond acceptors (Lipinski definition) is 12. The quantitative estimate of drug-likeness (QED) is 0.0635. The number of benzene rings is 2. The topological polar surface area (TPSA) is 227 Å². The molecule has 1 aliphatic rings. The van der Waals surface area contributed by atoms with Crippen molar-refractivity contribution in [2.45, 2.75) is 170 Å². The van der Waals surface area contributed by atoms with Crippen LogP contribution in [-0.2, 0) is 49.6 Å². The summed E-state index contributed by atoms with van der Waals surface area (Å²) in [6.07, 6.45) is -0.713. The van der Waals surface area contributed by atoms with Gasteiger partial charge in [-0.3, -0.25) is 33.7 Å². The minimum atomic E-state index is -1.01. The summed E-state index contributed by atoms with van der Waals surface area (Å²) in [7, 11) is 6.22. The van der Waals surface area contributed by atoms with Gasteiger partial charge in [-0.05, 0) is 65.7 Å². The van der Waals surface area contributed by atoms with Crippen LogP contribution in [0.25, 0.3) is 0 Å². The molecule has 12 atom stereocenters. The van der Waals surface area contributed by atoms with E-state index >= 15 is 0 Å². The van der Waals surface area contributed by atoms with Crippen molar-refractivity contribution < 1.29 is 52.9 Å². The molecule has 5 N–H and O–H groups in total. The van der Waals surface area contributed by atoms with Gasteiger partial charge in [0, 0.05) is 65.2 Å². The molecule has 1 aliphatic heterocycles. The molecule has 17 heteroatoms. The van der Waals surface area contributed by atoms with Crippen molar-refractivity contribution in [3.63, 3.8) is 0 Å². The van der Waals surface area contributed by atoms with E-state index in [2.05, 4.69) is 10.6 Å². The number of aliphatic hydroxyl groups excluding tert-OH is 1. The largest absolute Gasteiger partial charge is 0.445 e. The number of carbonyl (C=O) groups excluding carboxylic acids is 7. The molecule has 1 fully saturated rings. The lowest BCUT2D eigenvalue weighted by atomic mass is 9.85. The number of aliphatic hydroxyl groups is 1. The fourth-order valence-corrected chi connectivity index (χ4v) is 10.0. The molecule has 414 valence electrons. The molecule has 0 unspecified atom stereocenters. The van der Waals surface area contributed by atoms with E-state index in [1.165, 1.54) is 19.1 Å². The fourth-order valence-electron chi connectivity index (χ4n) is 10.0. The number of ether oxygens (including phenoxy) is 3. The molecule has 0 spiro atoms. The highest BCUT2D eigenvalue weighted by atomic mass is 16.6. The maximum absolute atomic E-state index is 14.7. The first kappa shape index (κ1) is 63.1. The van der Waals surface area contributed by atoms with Crippen molar-refractivity contribution >= 4 is 47.0 Å². The molecule has 2 aromatic carbocycles. The van der Waals surface area contributed by atoms with Crippen molar-refractivity contribution in [1.29, 1.82) is 0 Å². The van der Waals surface area contributed by atoms with Gasteiger partial charge < -0.3 is 45.5 Å². The Kier molecular flexibility index (Phi) is 25.4. The lowest BCUT2D eigenvalue weighted by molar-refractivity contribution is -0.148. The van der Waals surface area contributed by atoms with E-state index in [9.17, 15) is 38.7 Å². The van der Waals surface area contributed by atoms with Crippen molar-refractivity contribution in [2.24, 2.45) is 47.2 Å². The lowest BCUT2D eigenvalue weighted by Gasteiger charge is -2.41. The Hall–Kier alpha value is -5.23. The minimum absolute atomic E-state index is 0.0269. The van der Waals surface area contributed by atoms with Gasteiger partial charge in [-0.1, -0.05) is 125 Å². The summed E-state index contributed by atoms with van der Waals surface area (Å²) in [4.78, 5) is 100. The number of nitrogens with one attached hydrogen (secondary N) is 2. The van der Waals surface area contributed by atoms with E-state index in [1.807, 2.05) is 85.7 Å². The maximum Gasteiger partial charge on any atom is 0.410 e. The molecule has 0 radical (unpaired) electrons. The molecular weight excluding hydrogens is 945 g/mol. The summed E-state index contributed by atoms with van der Waals surface area (Å²) < 4.78 is 17.7. The maximum atomic E-state index is 14.7. The Labute approximate surface area is 441 Å². The Bertz CT molecular complexity index is 2140. The van der Waals surface area contributed by atoms with Crippen LogP contribution in [-0.4, -0.2) is 138 Å². The second kappa shape index (κ2) is 29.8. The number of ketones is 2. The highest BCUT2D eigenvalue weighted by molar-refractivity contribution is 5.96. The molecule has 5 amide bonds. The van der Waals surface area contributed by atoms with E-state index in [-0.39, 0.29) is 90.8 Å². The molecule has 2 aromatic rings. The van der Waals surface area contributed by atoms with Crippen LogP contribution >= 0.6 is 0 Å². The molecular formula is C57H90N6O11. The number of hydrogen-bond donors (Lipinski definition) is 4. The van der Waals surface area contributed by atoms with Crippen LogP contribution in [0.4, 0.5) is 10.5 Å². The third-order valence-electron chi connectivity index (χ3n) is 15.0. The van der Waals surface area contributed by atoms with Gasteiger partial charge in [0.15, 0.2) is 5.78 Å². The van der Waals surface area contributed by atoms with Crippen molar-refractivity contribution in [3.05, 3.63) is 65.7 Å². The fraction of sp³-hybridized carbons (Fsp3) is 0.667. The zero-order chi connectivity index (χ0) is 55.7. The average Bonchev–Trinajstić information content (AvgIpc) is 3.86. The van der Waals surface area contributed by atoms with E-state index in [4.69, 9.17) is 19.9 Å². The number of rotatable bonds is 29. The van der Waals surface area contributed by atoms with Gasteiger partial charge >= 0.3 is 6.09 Å². The van der Waals surface area contributed by atoms with Gasteiger partial charge in [0.2, 0.25) is 23.6 Å². The highest BCUT2D eigenvalue weighted by Gasteiger charge is 2.44. The Morgan fingerprint density at radius 1 is 0.757 bits per heavy atom. The first-order chi connectivity index (χ1) is 34.8. The van der Waals surface area contributed by atoms with Gasteiger partial charge in [-0.15, -0.1) is 0 Å². The summed E-state index contributed by atoms with van der Waals surface area (Å²) in [5.41, 5.74) is 7.84. The number of likely N-dealkylation sites (N-methyl/N-ethyl adjacent to an activating group) is 2. The van der Waals surface area contributed by atoms with Crippen molar-refractivity contribution in [2.75, 3.05) is 40.2 Å². The SMILES string of the molecule is CC[C@H](C)[C@@H]([C@@H](CC(=O)N1CCC[C@H]1[C@H](OC)[C@@H](C)C(=O)C[C@H](C)[C@@H](O)c1ccccc1)OC)N(C)C(=O)[C@@H](NC(=O)[C@H](C(C)C)N(C)C(=O)OCc1ccc(NC(=O)[C@H](C)CC(=O)[C@@H](N)C(C)C)cc1)C(C)C. The van der Waals surface area contributed by atoms with E-state index in [1.54, 1.807) is 69.0 Å². The molecule has 0 aromatic heterocycles. The summed E-state index contributed by atoms with van der Waals surface area (Å²) in [6, 6.07) is 12.4. The zero-order valence-corrected chi connectivity index (χ0v) is 47.0. The highest BCUT2D eigenvalue weighted by Crippen LogP contribution is 2.32. The first-order valence-corrected chi connectivity index (χ1v) is 26.6. The number of methoxy groups -OCH3 is 2. The van der Waals surface area contributed by atoms with Crippen LogP contribution in [0.15, 0.2) is 54.6 Å². The van der Waals surface area contributed by atoms with E-state index in [0.29, 0.717) is 30.6 Å². The molecule has 17 nitrogen and oxygen atoms in total. The predicted octanol–water partition coefficient (Wildman–Crippen LogP) is 7.19. The standard InChI is InChI=1S/C57H90N6O11/c1-16-36(8)51(46(72-14)31-47(66)63-28-20-23-43(63)53(73-15)39(11)44(64)29-37(9)52(67)41-21-18-17-19-22-41)61(12)56(70)49(34(4)5)60-55(69)50(35(6)7)62(13)57(71)74-32-40-24-26-42(27-25-40)59-54(68)38(10)30-45(65)48(58)33(2)3/h17-19,21-22,24-27,33-39,43,46,48-53,67H,16,20,23,28-32,58H2,1-15H3,(H,59,68)(H,60,69)/t36-,37-,38+,39-,43-,46+,48-,49-,50-,51-,52+,53+/m0/s1. The Balaban J connectivity index is 1.69. The number of carbonyl (C=O) groups is 7. The third-order valence-corrected chi connectivity index (χ3v) is 15.0. The van der Waals surface area contributed by atoms with E-state index in [0.717, 1.165) is 12.0 Å². The monoisotopic (exact) mass is 1030 g/mol. The van der Waals surface area contributed by atoms with Crippen LogP contribution in [0.3, 0.4) is 0 Å². The van der Waals surface area contributed by atoms with Gasteiger partial charge in [-0.2, -0.15) is 0 Å². The van der Waals surface area contributed by atoms with Crippen molar-refractivity contribution in [1.82, 2.24) is 20.0 Å². The Morgan fingerprint density at radius 2 is 1.38 bits per heavy atom. The smallest absolute Gasteiger partial charge is 0.410 e.